The number of nitrogen functional groups attached to an aromatic ring is 1. The molecule has 1 aromatic rings. The number of thiazole rings is 1. The van der Waals surface area contributed by atoms with E-state index in [1.54, 1.807) is 0 Å². The summed E-state index contributed by atoms with van der Waals surface area (Å²) in [6, 6.07) is -3.68. The molecule has 176 valence electrons. The molecule has 0 unspecified atom stereocenters. The maximum atomic E-state index is 12.8. The summed E-state index contributed by atoms with van der Waals surface area (Å²) in [7, 11) is -3.35. The predicted molar refractivity (Wildman–Crippen MR) is 105 cm³/mol. The van der Waals surface area contributed by atoms with Gasteiger partial charge in [0.2, 0.25) is 5.60 Å². The molecule has 0 radical (unpaired) electrons. The standard InChI is InChI=1S/C15H19N5O10S2.Na/c1-15(2,13(24)29-4)30-19-7(6-5-31-14(16)17-6)10(21)18-8-9(12(23)28-3)20(11(8)22)32(25,26)27;/h5,8-9H,1-4H3,(H2,16,17)(H,18,21)(H,25,26,27);/q;+1/p-1/t8-,9-;/m0./s1. The first-order valence-corrected chi connectivity index (χ1v) is 10.7. The summed E-state index contributed by atoms with van der Waals surface area (Å²) in [6.07, 6.45) is 0. The predicted octanol–water partition coefficient (Wildman–Crippen LogP) is -5.27. The minimum Gasteiger partial charge on any atom is -0.731 e. The van der Waals surface area contributed by atoms with Gasteiger partial charge in [-0.3, -0.25) is 9.59 Å². The Morgan fingerprint density at radius 3 is 2.36 bits per heavy atom. The number of nitrogens with zero attached hydrogens (tertiary/aromatic N) is 3. The van der Waals surface area contributed by atoms with Crippen LogP contribution in [0.4, 0.5) is 5.13 Å². The van der Waals surface area contributed by atoms with Crippen molar-refractivity contribution in [2.45, 2.75) is 31.5 Å². The van der Waals surface area contributed by atoms with Crippen LogP contribution in [0.2, 0.25) is 0 Å². The number of anilines is 1. The van der Waals surface area contributed by atoms with E-state index in [-0.39, 0.29) is 44.7 Å². The fraction of sp³-hybridized carbons (Fsp3) is 0.467. The molecule has 2 amide bonds. The molecule has 0 aromatic carbocycles. The monoisotopic (exact) mass is 515 g/mol. The third-order valence-corrected chi connectivity index (χ3v) is 5.61. The van der Waals surface area contributed by atoms with E-state index in [0.29, 0.717) is 0 Å². The summed E-state index contributed by atoms with van der Waals surface area (Å²) >= 11 is 0.935. The van der Waals surface area contributed by atoms with Crippen molar-refractivity contribution in [2.75, 3.05) is 20.0 Å². The molecule has 1 aliphatic rings. The molecule has 1 aliphatic heterocycles. The van der Waals surface area contributed by atoms with Gasteiger partial charge in [0, 0.05) is 5.38 Å². The van der Waals surface area contributed by atoms with Gasteiger partial charge in [0.05, 0.1) is 14.2 Å². The number of ether oxygens (including phenoxy) is 2. The molecule has 1 saturated heterocycles. The Bertz CT molecular complexity index is 1090. The minimum absolute atomic E-state index is 0. The molecule has 0 aliphatic carbocycles. The molecule has 0 bridgehead atoms. The SMILES string of the molecule is COC(=O)[C@@H]1[C@H](NC(=O)C(=NOC(C)(C)C(=O)OC)c2csc(N)n2)C(=O)N1S(=O)(=O)[O-].[Na+]. The number of β-lactam (4-membered cyclic amide) rings is 1. The van der Waals surface area contributed by atoms with Gasteiger partial charge >= 0.3 is 41.5 Å². The number of nitrogens with two attached hydrogens (primary N) is 1. The van der Waals surface area contributed by atoms with Crippen molar-refractivity contribution < 1.29 is 76.0 Å². The summed E-state index contributed by atoms with van der Waals surface area (Å²) in [4.78, 5) is 57.6. The number of methoxy groups -OCH3 is 2. The van der Waals surface area contributed by atoms with E-state index in [2.05, 4.69) is 24.9 Å². The molecule has 1 aromatic heterocycles. The second-order valence-corrected chi connectivity index (χ2v) is 8.75. The van der Waals surface area contributed by atoms with Gasteiger partial charge in [-0.2, -0.15) is 0 Å². The Kier molecular flexibility index (Phi) is 9.35. The Hall–Kier alpha value is -2.31. The average Bonchev–Trinajstić information content (AvgIpc) is 3.13. The van der Waals surface area contributed by atoms with Crippen LogP contribution in [0.25, 0.3) is 0 Å². The van der Waals surface area contributed by atoms with Crippen LogP contribution in [-0.2, 0) is 43.8 Å². The van der Waals surface area contributed by atoms with Gasteiger partial charge in [-0.15, -0.1) is 11.3 Å². The van der Waals surface area contributed by atoms with Crippen LogP contribution in [0.3, 0.4) is 0 Å². The Labute approximate surface area is 213 Å². The molecular weight excluding hydrogens is 497 g/mol. The van der Waals surface area contributed by atoms with Gasteiger partial charge in [-0.1, -0.05) is 5.16 Å². The molecule has 2 heterocycles. The first-order chi connectivity index (χ1) is 14.7. The normalized spacial score (nSPS) is 18.5. The number of carbonyl (C=O) groups excluding carboxylic acids is 4. The van der Waals surface area contributed by atoms with Gasteiger partial charge in [-0.25, -0.2) is 27.3 Å². The van der Waals surface area contributed by atoms with Crippen LogP contribution in [0.1, 0.15) is 19.5 Å². The maximum Gasteiger partial charge on any atom is 1.00 e. The van der Waals surface area contributed by atoms with E-state index in [4.69, 9.17) is 10.6 Å². The first-order valence-electron chi connectivity index (χ1n) is 8.48. The van der Waals surface area contributed by atoms with E-state index >= 15 is 0 Å². The van der Waals surface area contributed by atoms with Crippen molar-refractivity contribution in [1.82, 2.24) is 14.6 Å². The van der Waals surface area contributed by atoms with Crippen LogP contribution in [0.15, 0.2) is 10.5 Å². The Morgan fingerprint density at radius 1 is 1.30 bits per heavy atom. The molecule has 2 rings (SSSR count). The fourth-order valence-electron chi connectivity index (χ4n) is 2.46. The van der Waals surface area contributed by atoms with Crippen LogP contribution in [0, 0.1) is 0 Å². The largest absolute Gasteiger partial charge is 1.00 e. The van der Waals surface area contributed by atoms with Gasteiger partial charge in [-0.05, 0) is 13.8 Å². The van der Waals surface area contributed by atoms with Crippen molar-refractivity contribution in [3.05, 3.63) is 11.1 Å². The average molecular weight is 515 g/mol. The number of rotatable bonds is 8. The minimum atomic E-state index is -5.35. The van der Waals surface area contributed by atoms with E-state index < -0.39 is 57.5 Å². The zero-order valence-electron chi connectivity index (χ0n) is 18.1. The zero-order valence-corrected chi connectivity index (χ0v) is 21.7. The number of hydrogen-bond acceptors (Lipinski definition) is 14. The smallest absolute Gasteiger partial charge is 0.731 e. The number of esters is 2. The van der Waals surface area contributed by atoms with Crippen LogP contribution in [0.5, 0.6) is 0 Å². The number of oxime groups is 1. The summed E-state index contributed by atoms with van der Waals surface area (Å²) in [6.45, 7) is 2.60. The van der Waals surface area contributed by atoms with Crippen molar-refractivity contribution in [3.8, 4) is 0 Å². The number of hydrogen-bond donors (Lipinski definition) is 2. The third kappa shape index (κ3) is 6.18. The summed E-state index contributed by atoms with van der Waals surface area (Å²) in [5, 5.41) is 7.06. The zero-order chi connectivity index (χ0) is 24.4. The topological polar surface area (TPSA) is 220 Å². The van der Waals surface area contributed by atoms with E-state index in [0.717, 1.165) is 25.6 Å². The number of carbonyl (C=O) groups is 4. The molecule has 18 heteroatoms. The molecule has 0 spiro atoms. The van der Waals surface area contributed by atoms with E-state index in [9.17, 15) is 32.1 Å². The maximum absolute atomic E-state index is 12.8. The van der Waals surface area contributed by atoms with Gasteiger partial charge in [0.1, 0.15) is 11.7 Å². The number of aromatic nitrogens is 1. The Morgan fingerprint density at radius 2 is 1.91 bits per heavy atom. The first kappa shape index (κ1) is 28.7. The van der Waals surface area contributed by atoms with Gasteiger partial charge < -0.3 is 29.9 Å². The van der Waals surface area contributed by atoms with Gasteiger partial charge in [0.15, 0.2) is 27.2 Å². The quantitative estimate of drug-likeness (QED) is 0.0828. The van der Waals surface area contributed by atoms with Gasteiger partial charge in [0.25, 0.3) is 11.8 Å². The third-order valence-electron chi connectivity index (χ3n) is 4.04. The summed E-state index contributed by atoms with van der Waals surface area (Å²) in [5.74, 6) is -4.59. The molecule has 1 fully saturated rings. The van der Waals surface area contributed by atoms with Crippen LogP contribution < -0.4 is 40.6 Å². The van der Waals surface area contributed by atoms with E-state index in [1.807, 2.05) is 0 Å². The second-order valence-electron chi connectivity index (χ2n) is 6.61. The Balaban J connectivity index is 0.00000544. The van der Waals surface area contributed by atoms with Crippen molar-refractivity contribution in [2.24, 2.45) is 5.16 Å². The molecular formula is C15H18N5NaO10S2. The second kappa shape index (κ2) is 10.7. The van der Waals surface area contributed by atoms with E-state index in [1.165, 1.54) is 19.2 Å². The number of amides is 2. The molecule has 33 heavy (non-hydrogen) atoms. The molecule has 0 saturated carbocycles. The fourth-order valence-corrected chi connectivity index (χ4v) is 3.83. The van der Waals surface area contributed by atoms with Crippen LogP contribution in [-0.4, -0.2) is 83.6 Å². The molecule has 15 nitrogen and oxygen atoms in total. The van der Waals surface area contributed by atoms with Crippen molar-refractivity contribution in [3.63, 3.8) is 0 Å². The number of nitrogens with one attached hydrogen (secondary N) is 1. The molecule has 2 atom stereocenters. The van der Waals surface area contributed by atoms with Crippen molar-refractivity contribution in [1.29, 1.82) is 0 Å². The molecule has 3 N–H and O–H groups in total. The summed E-state index contributed by atoms with van der Waals surface area (Å²) in [5.41, 5.74) is 3.26. The van der Waals surface area contributed by atoms with Crippen molar-refractivity contribution >= 4 is 56.2 Å². The van der Waals surface area contributed by atoms with Crippen LogP contribution >= 0.6 is 11.3 Å². The summed E-state index contributed by atoms with van der Waals surface area (Å²) < 4.78 is 42.5.